The summed E-state index contributed by atoms with van der Waals surface area (Å²) in [5.74, 6) is 0. The van der Waals surface area contributed by atoms with Crippen molar-refractivity contribution >= 4 is 10.1 Å². The normalized spacial score (nSPS) is 26.2. The molecule has 31 heavy (non-hydrogen) atoms. The molecular formula is C22H28O8S. The lowest BCUT2D eigenvalue weighted by Gasteiger charge is -2.33. The molecule has 1 aliphatic heterocycles. The highest BCUT2D eigenvalue weighted by atomic mass is 32.2. The quantitative estimate of drug-likeness (QED) is 0.516. The van der Waals surface area contributed by atoms with Crippen LogP contribution in [0.5, 0.6) is 0 Å². The Bertz CT molecular complexity index is 906. The third-order valence-corrected chi connectivity index (χ3v) is 5.48. The molecule has 1 saturated heterocycles. The van der Waals surface area contributed by atoms with E-state index in [1.807, 2.05) is 60.7 Å². The molecule has 0 amide bonds. The maximum atomic E-state index is 11.7. The van der Waals surface area contributed by atoms with Crippen LogP contribution in [0.25, 0.3) is 0 Å². The summed E-state index contributed by atoms with van der Waals surface area (Å²) in [5, 5.41) is 10.8. The van der Waals surface area contributed by atoms with Gasteiger partial charge in [-0.2, -0.15) is 8.42 Å². The van der Waals surface area contributed by atoms with Crippen LogP contribution in [0, 0.1) is 0 Å². The molecule has 2 aromatic rings. The van der Waals surface area contributed by atoms with Crippen molar-refractivity contribution in [2.24, 2.45) is 0 Å². The third kappa shape index (κ3) is 6.56. The van der Waals surface area contributed by atoms with Crippen LogP contribution in [0.4, 0.5) is 0 Å². The van der Waals surface area contributed by atoms with E-state index < -0.39 is 40.8 Å². The van der Waals surface area contributed by atoms with Crippen molar-refractivity contribution in [3.8, 4) is 0 Å². The fourth-order valence-corrected chi connectivity index (χ4v) is 3.83. The minimum Gasteiger partial charge on any atom is -0.385 e. The molecule has 2 aromatic carbocycles. The minimum atomic E-state index is -3.77. The molecule has 170 valence electrons. The van der Waals surface area contributed by atoms with Gasteiger partial charge in [0.25, 0.3) is 10.1 Å². The molecular weight excluding hydrogens is 424 g/mol. The number of methoxy groups -OCH3 is 1. The van der Waals surface area contributed by atoms with E-state index in [1.54, 1.807) is 0 Å². The molecule has 1 fully saturated rings. The van der Waals surface area contributed by atoms with Crippen LogP contribution in [0.2, 0.25) is 0 Å². The van der Waals surface area contributed by atoms with Gasteiger partial charge >= 0.3 is 0 Å². The standard InChI is InChI=1S/C22H28O8S/c1-26-21-19(23)20(28-14-18-11-7-4-8-12-18)22(30-21,16-29-31(2,24)25)15-27-13-17-9-5-3-6-10-17/h3-12,19-21,23H,13-16H2,1-2H3/t19-,20+,21?,22+/m1/s1. The number of hydrogen-bond donors (Lipinski definition) is 1. The van der Waals surface area contributed by atoms with E-state index >= 15 is 0 Å². The largest absolute Gasteiger partial charge is 0.385 e. The molecule has 0 bridgehead atoms. The van der Waals surface area contributed by atoms with E-state index in [4.69, 9.17) is 23.1 Å². The summed E-state index contributed by atoms with van der Waals surface area (Å²) in [4.78, 5) is 0. The molecule has 0 saturated carbocycles. The highest BCUT2D eigenvalue weighted by Crippen LogP contribution is 2.36. The van der Waals surface area contributed by atoms with Gasteiger partial charge in [0.05, 0.1) is 26.1 Å². The predicted molar refractivity (Wildman–Crippen MR) is 113 cm³/mol. The van der Waals surface area contributed by atoms with E-state index in [0.29, 0.717) is 0 Å². The molecule has 0 aromatic heterocycles. The van der Waals surface area contributed by atoms with E-state index in [-0.39, 0.29) is 19.8 Å². The van der Waals surface area contributed by atoms with Gasteiger partial charge in [-0.15, -0.1) is 0 Å². The summed E-state index contributed by atoms with van der Waals surface area (Å²) in [6.07, 6.45) is -2.19. The minimum absolute atomic E-state index is 0.0756. The topological polar surface area (TPSA) is 101 Å². The van der Waals surface area contributed by atoms with Crippen molar-refractivity contribution in [1.82, 2.24) is 0 Å². The summed E-state index contributed by atoms with van der Waals surface area (Å²) in [6.45, 7) is -0.0174. The van der Waals surface area contributed by atoms with Gasteiger partial charge in [0.15, 0.2) is 6.29 Å². The predicted octanol–water partition coefficient (Wildman–Crippen LogP) is 1.87. The molecule has 1 heterocycles. The van der Waals surface area contributed by atoms with Crippen LogP contribution < -0.4 is 0 Å². The smallest absolute Gasteiger partial charge is 0.264 e. The Morgan fingerprint density at radius 3 is 2.10 bits per heavy atom. The number of benzene rings is 2. The summed E-state index contributed by atoms with van der Waals surface area (Å²) in [5.41, 5.74) is 0.427. The zero-order valence-corrected chi connectivity index (χ0v) is 18.4. The zero-order valence-electron chi connectivity index (χ0n) is 17.5. The summed E-state index contributed by atoms with van der Waals surface area (Å²) >= 11 is 0. The Balaban J connectivity index is 1.80. The Kier molecular flexibility index (Phi) is 8.17. The van der Waals surface area contributed by atoms with Crippen molar-refractivity contribution in [2.75, 3.05) is 26.6 Å². The van der Waals surface area contributed by atoms with Crippen LogP contribution in [0.3, 0.4) is 0 Å². The maximum absolute atomic E-state index is 11.7. The van der Waals surface area contributed by atoms with E-state index in [1.165, 1.54) is 7.11 Å². The lowest BCUT2D eigenvalue weighted by molar-refractivity contribution is -0.206. The first kappa shape index (κ1) is 23.8. The Morgan fingerprint density at radius 2 is 1.55 bits per heavy atom. The highest BCUT2D eigenvalue weighted by Gasteiger charge is 2.57. The van der Waals surface area contributed by atoms with Gasteiger partial charge in [-0.1, -0.05) is 60.7 Å². The molecule has 8 nitrogen and oxygen atoms in total. The highest BCUT2D eigenvalue weighted by molar-refractivity contribution is 7.85. The van der Waals surface area contributed by atoms with Gasteiger partial charge < -0.3 is 24.1 Å². The average molecular weight is 453 g/mol. The average Bonchev–Trinajstić information content (AvgIpc) is 3.03. The van der Waals surface area contributed by atoms with Crippen LogP contribution in [-0.4, -0.2) is 64.2 Å². The van der Waals surface area contributed by atoms with Crippen LogP contribution in [-0.2, 0) is 46.5 Å². The number of rotatable bonds is 11. The van der Waals surface area contributed by atoms with E-state index in [9.17, 15) is 13.5 Å². The van der Waals surface area contributed by atoms with Crippen molar-refractivity contribution in [1.29, 1.82) is 0 Å². The second-order valence-electron chi connectivity index (χ2n) is 7.44. The number of aliphatic hydroxyl groups excluding tert-OH is 1. The first-order valence-corrected chi connectivity index (χ1v) is 11.6. The molecule has 0 radical (unpaired) electrons. The molecule has 4 atom stereocenters. The van der Waals surface area contributed by atoms with Crippen molar-refractivity contribution in [2.45, 2.75) is 37.3 Å². The molecule has 3 rings (SSSR count). The third-order valence-electron chi connectivity index (χ3n) is 4.94. The fraction of sp³-hybridized carbons (Fsp3) is 0.455. The Hall–Kier alpha value is -1.85. The summed E-state index contributed by atoms with van der Waals surface area (Å²) < 4.78 is 51.5. The van der Waals surface area contributed by atoms with Crippen LogP contribution in [0.1, 0.15) is 11.1 Å². The molecule has 1 unspecified atom stereocenters. The van der Waals surface area contributed by atoms with Crippen molar-refractivity contribution < 1.29 is 36.7 Å². The molecule has 0 aliphatic carbocycles. The van der Waals surface area contributed by atoms with Gasteiger partial charge in [0, 0.05) is 7.11 Å². The second kappa shape index (κ2) is 10.6. The van der Waals surface area contributed by atoms with Gasteiger partial charge in [0.2, 0.25) is 0 Å². The second-order valence-corrected chi connectivity index (χ2v) is 9.08. The number of aliphatic hydroxyl groups is 1. The van der Waals surface area contributed by atoms with Gasteiger partial charge in [0.1, 0.15) is 24.4 Å². The zero-order chi connectivity index (χ0) is 22.3. The molecule has 0 spiro atoms. The monoisotopic (exact) mass is 452 g/mol. The number of ether oxygens (including phenoxy) is 4. The first-order chi connectivity index (χ1) is 14.8. The maximum Gasteiger partial charge on any atom is 0.264 e. The lowest BCUT2D eigenvalue weighted by atomic mass is 9.96. The van der Waals surface area contributed by atoms with Crippen molar-refractivity contribution in [3.05, 3.63) is 71.8 Å². The van der Waals surface area contributed by atoms with E-state index in [0.717, 1.165) is 17.4 Å². The van der Waals surface area contributed by atoms with Gasteiger partial charge in [-0.25, -0.2) is 0 Å². The number of hydrogen-bond acceptors (Lipinski definition) is 8. The first-order valence-electron chi connectivity index (χ1n) is 9.83. The summed E-state index contributed by atoms with van der Waals surface area (Å²) in [7, 11) is -2.38. The van der Waals surface area contributed by atoms with Crippen LogP contribution in [0.15, 0.2) is 60.7 Å². The molecule has 9 heteroatoms. The lowest BCUT2D eigenvalue weighted by Crippen LogP contribution is -2.52. The molecule has 1 N–H and O–H groups in total. The SMILES string of the molecule is COC1O[C@@](COCc2ccccc2)(COS(C)(=O)=O)[C@@H](OCc2ccccc2)[C@H]1O. The van der Waals surface area contributed by atoms with Crippen molar-refractivity contribution in [3.63, 3.8) is 0 Å². The van der Waals surface area contributed by atoms with Gasteiger partial charge in [-0.3, -0.25) is 4.18 Å². The Labute approximate surface area is 182 Å². The molecule has 1 aliphatic rings. The fourth-order valence-electron chi connectivity index (χ4n) is 3.42. The van der Waals surface area contributed by atoms with Gasteiger partial charge in [-0.05, 0) is 11.1 Å². The van der Waals surface area contributed by atoms with Crippen LogP contribution >= 0.6 is 0 Å². The Morgan fingerprint density at radius 1 is 0.968 bits per heavy atom. The summed E-state index contributed by atoms with van der Waals surface area (Å²) in [6, 6.07) is 18.9. The van der Waals surface area contributed by atoms with E-state index in [2.05, 4.69) is 0 Å².